The van der Waals surface area contributed by atoms with Crippen molar-refractivity contribution in [1.29, 1.82) is 0 Å². The third-order valence-corrected chi connectivity index (χ3v) is 7.14. The van der Waals surface area contributed by atoms with Crippen LogP contribution in [0.15, 0.2) is 59.6 Å². The second-order valence-corrected chi connectivity index (χ2v) is 9.82. The number of halogens is 7. The molecule has 1 aliphatic rings. The Labute approximate surface area is 231 Å². The third-order valence-electron chi connectivity index (χ3n) is 6.40. The molecular weight excluding hydrogens is 610 g/mol. The zero-order chi connectivity index (χ0) is 28.8. The van der Waals surface area contributed by atoms with Gasteiger partial charge in [0.15, 0.2) is 5.69 Å². The highest BCUT2D eigenvalue weighted by Gasteiger charge is 2.40. The fourth-order valence-corrected chi connectivity index (χ4v) is 5.11. The Bertz CT molecular complexity index is 1560. The number of hydrogen-bond acceptors (Lipinski definition) is 5. The van der Waals surface area contributed by atoms with Gasteiger partial charge in [-0.05, 0) is 42.7 Å². The summed E-state index contributed by atoms with van der Waals surface area (Å²) in [4.78, 5) is 17.5. The summed E-state index contributed by atoms with van der Waals surface area (Å²) in [6.45, 7) is -1.46. The standard InChI is InChI=1S/C25H19BrF6N6O2/c1-40-21-9-14(5-7-19(21)36-11-22(33-13-36)25(30,31)32)17-10-38(35-34-17)20-8-6-15-16(26)3-2-4-18(15)37(23(20)39)12-24(27,28)29/h2-5,7,9-11,13,20H,6,8,12H2,1H3. The molecule has 1 atom stereocenters. The van der Waals surface area contributed by atoms with E-state index in [0.29, 0.717) is 22.0 Å². The van der Waals surface area contributed by atoms with Crippen LogP contribution in [0.25, 0.3) is 16.9 Å². The summed E-state index contributed by atoms with van der Waals surface area (Å²) in [5.74, 6) is -0.570. The van der Waals surface area contributed by atoms with Gasteiger partial charge in [0.25, 0.3) is 5.91 Å². The molecule has 2 aromatic carbocycles. The van der Waals surface area contributed by atoms with Gasteiger partial charge >= 0.3 is 12.4 Å². The van der Waals surface area contributed by atoms with E-state index in [1.165, 1.54) is 36.2 Å². The van der Waals surface area contributed by atoms with Gasteiger partial charge in [-0.2, -0.15) is 26.3 Å². The molecule has 1 unspecified atom stereocenters. The summed E-state index contributed by atoms with van der Waals surface area (Å²) in [6.07, 6.45) is -5.48. The molecule has 2 aromatic heterocycles. The van der Waals surface area contributed by atoms with Crippen molar-refractivity contribution in [2.24, 2.45) is 0 Å². The van der Waals surface area contributed by atoms with Gasteiger partial charge < -0.3 is 14.2 Å². The fourth-order valence-electron chi connectivity index (χ4n) is 4.55. The number of imidazole rings is 1. The number of nitrogens with zero attached hydrogens (tertiary/aromatic N) is 6. The third kappa shape index (κ3) is 5.42. The summed E-state index contributed by atoms with van der Waals surface area (Å²) >= 11 is 3.37. The molecule has 0 bridgehead atoms. The number of amides is 1. The molecule has 210 valence electrons. The van der Waals surface area contributed by atoms with E-state index in [0.717, 1.165) is 22.0 Å². The van der Waals surface area contributed by atoms with Crippen LogP contribution >= 0.6 is 15.9 Å². The minimum atomic E-state index is -4.63. The molecule has 0 aliphatic carbocycles. The second kappa shape index (κ2) is 10.3. The van der Waals surface area contributed by atoms with Gasteiger partial charge in [-0.15, -0.1) is 5.10 Å². The van der Waals surface area contributed by atoms with Gasteiger partial charge in [-0.3, -0.25) is 4.79 Å². The quantitative estimate of drug-likeness (QED) is 0.253. The van der Waals surface area contributed by atoms with Crippen molar-refractivity contribution in [3.63, 3.8) is 0 Å². The van der Waals surface area contributed by atoms with Crippen molar-refractivity contribution in [2.75, 3.05) is 18.6 Å². The van der Waals surface area contributed by atoms with Crippen molar-refractivity contribution >= 4 is 27.5 Å². The first-order valence-electron chi connectivity index (χ1n) is 11.7. The van der Waals surface area contributed by atoms with Gasteiger partial charge in [0.1, 0.15) is 24.0 Å². The minimum absolute atomic E-state index is 0.174. The first-order valence-corrected chi connectivity index (χ1v) is 12.5. The fraction of sp³-hybridized carbons (Fsp3) is 0.280. The van der Waals surface area contributed by atoms with Crippen molar-refractivity contribution in [3.05, 3.63) is 70.8 Å². The average Bonchev–Trinajstić information content (AvgIpc) is 3.55. The minimum Gasteiger partial charge on any atom is -0.495 e. The number of anilines is 1. The Hall–Kier alpha value is -3.88. The van der Waals surface area contributed by atoms with Crippen molar-refractivity contribution < 1.29 is 35.9 Å². The zero-order valence-corrected chi connectivity index (χ0v) is 22.1. The lowest BCUT2D eigenvalue weighted by Crippen LogP contribution is -2.42. The van der Waals surface area contributed by atoms with E-state index in [2.05, 4.69) is 31.2 Å². The highest BCUT2D eigenvalue weighted by molar-refractivity contribution is 9.10. The molecule has 0 N–H and O–H groups in total. The van der Waals surface area contributed by atoms with Crippen LogP contribution < -0.4 is 9.64 Å². The first-order chi connectivity index (χ1) is 18.9. The monoisotopic (exact) mass is 628 g/mol. The molecule has 5 rings (SSSR count). The maximum absolute atomic E-state index is 13.5. The molecule has 0 spiro atoms. The van der Waals surface area contributed by atoms with Crippen molar-refractivity contribution in [1.82, 2.24) is 24.5 Å². The first kappa shape index (κ1) is 27.7. The average molecular weight is 629 g/mol. The number of rotatable bonds is 5. The van der Waals surface area contributed by atoms with E-state index in [4.69, 9.17) is 4.74 Å². The van der Waals surface area contributed by atoms with Crippen LogP contribution in [-0.4, -0.2) is 50.3 Å². The SMILES string of the molecule is COc1cc(-c2cn(C3CCc4c(Br)cccc4N(CC(F)(F)F)C3=O)nn2)ccc1-n1cnc(C(F)(F)F)c1. The Kier molecular flexibility index (Phi) is 7.10. The van der Waals surface area contributed by atoms with E-state index < -0.39 is 36.5 Å². The Morgan fingerprint density at radius 3 is 2.52 bits per heavy atom. The van der Waals surface area contributed by atoms with Crippen LogP contribution in [0, 0.1) is 0 Å². The molecule has 0 fully saturated rings. The van der Waals surface area contributed by atoms with Crippen molar-refractivity contribution in [3.8, 4) is 22.7 Å². The van der Waals surface area contributed by atoms with E-state index in [9.17, 15) is 31.1 Å². The molecular formula is C25H19BrF6N6O2. The number of carbonyl (C=O) groups excluding carboxylic acids is 1. The lowest BCUT2D eigenvalue weighted by atomic mass is 10.1. The maximum Gasteiger partial charge on any atom is 0.434 e. The van der Waals surface area contributed by atoms with Gasteiger partial charge in [0.2, 0.25) is 0 Å². The molecule has 0 saturated heterocycles. The lowest BCUT2D eigenvalue weighted by Gasteiger charge is -2.27. The molecule has 40 heavy (non-hydrogen) atoms. The van der Waals surface area contributed by atoms with Crippen LogP contribution in [-0.2, 0) is 17.4 Å². The normalized spacial score (nSPS) is 16.1. The highest BCUT2D eigenvalue weighted by atomic mass is 79.9. The summed E-state index contributed by atoms with van der Waals surface area (Å²) in [5, 5.41) is 8.13. The molecule has 4 aromatic rings. The van der Waals surface area contributed by atoms with E-state index >= 15 is 0 Å². The molecule has 0 saturated carbocycles. The van der Waals surface area contributed by atoms with E-state index in [1.807, 2.05) is 0 Å². The Morgan fingerprint density at radius 2 is 1.85 bits per heavy atom. The van der Waals surface area contributed by atoms with Gasteiger partial charge in [-0.1, -0.05) is 33.3 Å². The van der Waals surface area contributed by atoms with Crippen molar-refractivity contribution in [2.45, 2.75) is 31.2 Å². The largest absolute Gasteiger partial charge is 0.495 e. The number of aromatic nitrogens is 5. The number of alkyl halides is 6. The van der Waals surface area contributed by atoms with Crippen LogP contribution in [0.1, 0.15) is 23.7 Å². The molecule has 1 aliphatic heterocycles. The van der Waals surface area contributed by atoms with Crippen LogP contribution in [0.4, 0.5) is 32.0 Å². The van der Waals surface area contributed by atoms with Crippen LogP contribution in [0.5, 0.6) is 5.75 Å². The number of carbonyl (C=O) groups is 1. The predicted octanol–water partition coefficient (Wildman–Crippen LogP) is 6.00. The molecule has 3 heterocycles. The Balaban J connectivity index is 1.46. The summed E-state index contributed by atoms with van der Waals surface area (Å²) in [7, 11) is 1.34. The number of hydrogen-bond donors (Lipinski definition) is 0. The van der Waals surface area contributed by atoms with E-state index in [1.54, 1.807) is 18.2 Å². The molecule has 15 heteroatoms. The highest BCUT2D eigenvalue weighted by Crippen LogP contribution is 2.38. The predicted molar refractivity (Wildman–Crippen MR) is 134 cm³/mol. The van der Waals surface area contributed by atoms with Gasteiger partial charge in [0, 0.05) is 21.9 Å². The van der Waals surface area contributed by atoms with Gasteiger partial charge in [0.05, 0.1) is 25.3 Å². The number of fused-ring (bicyclic) bond motifs is 1. The van der Waals surface area contributed by atoms with Gasteiger partial charge in [-0.25, -0.2) is 9.67 Å². The number of ether oxygens (including phenoxy) is 1. The summed E-state index contributed by atoms with van der Waals surface area (Å²) in [6, 6.07) is 8.28. The molecule has 0 radical (unpaired) electrons. The summed E-state index contributed by atoms with van der Waals surface area (Å²) < 4.78 is 87.7. The summed E-state index contributed by atoms with van der Waals surface area (Å²) in [5.41, 5.74) is 0.714. The lowest BCUT2D eigenvalue weighted by molar-refractivity contribution is -0.141. The molecule has 8 nitrogen and oxygen atoms in total. The topological polar surface area (TPSA) is 78.1 Å². The smallest absolute Gasteiger partial charge is 0.434 e. The zero-order valence-electron chi connectivity index (χ0n) is 20.5. The van der Waals surface area contributed by atoms with E-state index in [-0.39, 0.29) is 29.2 Å². The van der Waals surface area contributed by atoms with Crippen LogP contribution in [0.3, 0.4) is 0 Å². The maximum atomic E-state index is 13.5. The number of benzene rings is 2. The molecule has 1 amide bonds. The second-order valence-electron chi connectivity index (χ2n) is 8.97. The Morgan fingerprint density at radius 1 is 1.07 bits per heavy atom. The van der Waals surface area contributed by atoms with Crippen LogP contribution in [0.2, 0.25) is 0 Å². The number of methoxy groups -OCH3 is 1.